The van der Waals surface area contributed by atoms with Crippen molar-refractivity contribution in [2.45, 2.75) is 12.5 Å². The summed E-state index contributed by atoms with van der Waals surface area (Å²) in [6.07, 6.45) is 0.932. The minimum atomic E-state index is 0.204. The number of nitrogens with zero attached hydrogens (tertiary/aromatic N) is 4. The molecule has 1 aliphatic heterocycles. The van der Waals surface area contributed by atoms with Gasteiger partial charge in [-0.3, -0.25) is 0 Å². The Hall–Kier alpha value is -1.47. The quantitative estimate of drug-likeness (QED) is 0.853. The van der Waals surface area contributed by atoms with E-state index >= 15 is 0 Å². The average Bonchev–Trinajstić information content (AvgIpc) is 2.98. The number of aromatic nitrogens is 4. The number of hydrogen-bond donors (Lipinski definition) is 1. The van der Waals surface area contributed by atoms with Gasteiger partial charge in [0.2, 0.25) is 0 Å². The molecule has 1 aromatic carbocycles. The molecular weight excluding hydrogens is 298 g/mol. The van der Waals surface area contributed by atoms with Crippen molar-refractivity contribution in [1.82, 2.24) is 20.2 Å². The molecule has 0 aliphatic carbocycles. The zero-order valence-corrected chi connectivity index (χ0v) is 11.2. The Morgan fingerprint density at radius 2 is 2.28 bits per heavy atom. The van der Waals surface area contributed by atoms with Crippen LogP contribution in [0.5, 0.6) is 0 Å². The topological polar surface area (TPSA) is 78.9 Å². The summed E-state index contributed by atoms with van der Waals surface area (Å²) >= 11 is 3.42. The number of nitrogen functional groups attached to an aromatic ring is 1. The highest BCUT2D eigenvalue weighted by Gasteiger charge is 2.23. The Kier molecular flexibility index (Phi) is 3.00. The van der Waals surface area contributed by atoms with Crippen molar-refractivity contribution in [1.29, 1.82) is 0 Å². The molecule has 2 heterocycles. The van der Waals surface area contributed by atoms with E-state index < -0.39 is 0 Å². The highest BCUT2D eigenvalue weighted by Crippen LogP contribution is 2.27. The minimum absolute atomic E-state index is 0.204. The Labute approximate surface area is 112 Å². The smallest absolute Gasteiger partial charge is 0.182 e. The van der Waals surface area contributed by atoms with E-state index in [0.29, 0.717) is 12.3 Å². The first kappa shape index (κ1) is 11.6. The summed E-state index contributed by atoms with van der Waals surface area (Å²) in [5.74, 6) is 0.721. The molecule has 0 radical (unpaired) electrons. The minimum Gasteiger partial charge on any atom is -0.399 e. The first-order valence-electron chi connectivity index (χ1n) is 5.66. The van der Waals surface area contributed by atoms with Gasteiger partial charge in [-0.05, 0) is 35.0 Å². The Morgan fingerprint density at radius 3 is 3.00 bits per heavy atom. The molecule has 2 aromatic rings. The van der Waals surface area contributed by atoms with Crippen LogP contribution in [0, 0.1) is 0 Å². The highest BCUT2D eigenvalue weighted by molar-refractivity contribution is 9.10. The fourth-order valence-corrected chi connectivity index (χ4v) is 2.60. The van der Waals surface area contributed by atoms with Gasteiger partial charge in [0.15, 0.2) is 5.82 Å². The van der Waals surface area contributed by atoms with Crippen LogP contribution in [-0.2, 0) is 4.74 Å². The van der Waals surface area contributed by atoms with E-state index in [9.17, 15) is 0 Å². The molecular formula is C11H12BrN5O. The third kappa shape index (κ3) is 2.11. The van der Waals surface area contributed by atoms with Gasteiger partial charge >= 0.3 is 0 Å². The van der Waals surface area contributed by atoms with E-state index in [1.807, 2.05) is 22.9 Å². The van der Waals surface area contributed by atoms with Crippen LogP contribution in [0.2, 0.25) is 0 Å². The third-order valence-electron chi connectivity index (χ3n) is 2.92. The Morgan fingerprint density at radius 1 is 1.39 bits per heavy atom. The number of tetrazole rings is 1. The Bertz CT molecular complexity index is 544. The van der Waals surface area contributed by atoms with E-state index in [0.717, 1.165) is 28.9 Å². The highest BCUT2D eigenvalue weighted by atomic mass is 79.9. The lowest BCUT2D eigenvalue weighted by Gasteiger charge is -2.10. The third-order valence-corrected chi connectivity index (χ3v) is 3.38. The molecule has 0 saturated carbocycles. The van der Waals surface area contributed by atoms with Crippen LogP contribution in [0.4, 0.5) is 5.69 Å². The Balaban J connectivity index is 2.03. The van der Waals surface area contributed by atoms with Crippen LogP contribution in [0.25, 0.3) is 11.4 Å². The van der Waals surface area contributed by atoms with Gasteiger partial charge in [-0.1, -0.05) is 15.9 Å². The van der Waals surface area contributed by atoms with E-state index in [2.05, 4.69) is 31.5 Å². The van der Waals surface area contributed by atoms with Gasteiger partial charge in [0.25, 0.3) is 0 Å². The summed E-state index contributed by atoms with van der Waals surface area (Å²) in [5.41, 5.74) is 7.42. The number of anilines is 1. The number of benzene rings is 1. The molecule has 94 valence electrons. The summed E-state index contributed by atoms with van der Waals surface area (Å²) in [5, 5.41) is 11.9. The van der Waals surface area contributed by atoms with Crippen molar-refractivity contribution in [3.8, 4) is 11.4 Å². The molecule has 0 spiro atoms. The van der Waals surface area contributed by atoms with E-state index in [1.165, 1.54) is 0 Å². The molecule has 7 heteroatoms. The van der Waals surface area contributed by atoms with Crippen LogP contribution >= 0.6 is 15.9 Å². The molecule has 18 heavy (non-hydrogen) atoms. The number of hydrogen-bond acceptors (Lipinski definition) is 5. The van der Waals surface area contributed by atoms with Crippen LogP contribution in [-0.4, -0.2) is 33.4 Å². The van der Waals surface area contributed by atoms with Crippen molar-refractivity contribution in [2.24, 2.45) is 0 Å². The fourth-order valence-electron chi connectivity index (χ4n) is 2.09. The van der Waals surface area contributed by atoms with Crippen molar-refractivity contribution in [3.63, 3.8) is 0 Å². The largest absolute Gasteiger partial charge is 0.399 e. The van der Waals surface area contributed by atoms with Gasteiger partial charge in [0.05, 0.1) is 12.6 Å². The molecule has 1 unspecified atom stereocenters. The van der Waals surface area contributed by atoms with Gasteiger partial charge in [-0.25, -0.2) is 4.68 Å². The summed E-state index contributed by atoms with van der Waals surface area (Å²) in [4.78, 5) is 0. The molecule has 1 atom stereocenters. The van der Waals surface area contributed by atoms with Gasteiger partial charge in [-0.15, -0.1) is 5.10 Å². The SMILES string of the molecule is Nc1cc(Br)cc(-c2nnnn2C2CCOC2)c1. The maximum atomic E-state index is 5.84. The second-order valence-electron chi connectivity index (χ2n) is 4.24. The number of rotatable bonds is 2. The molecule has 1 aliphatic rings. The van der Waals surface area contributed by atoms with Gasteiger partial charge in [0.1, 0.15) is 0 Å². The molecule has 3 rings (SSSR count). The normalized spacial score (nSPS) is 19.3. The predicted molar refractivity (Wildman–Crippen MR) is 69.8 cm³/mol. The van der Waals surface area contributed by atoms with Crippen LogP contribution in [0.15, 0.2) is 22.7 Å². The summed E-state index contributed by atoms with van der Waals surface area (Å²) in [6, 6.07) is 5.86. The van der Waals surface area contributed by atoms with Gasteiger partial charge in [0, 0.05) is 22.3 Å². The maximum absolute atomic E-state index is 5.84. The first-order chi connectivity index (χ1) is 8.74. The van der Waals surface area contributed by atoms with Gasteiger partial charge < -0.3 is 10.5 Å². The van der Waals surface area contributed by atoms with Crippen molar-refractivity contribution >= 4 is 21.6 Å². The number of ether oxygens (including phenoxy) is 1. The lowest BCUT2D eigenvalue weighted by molar-refractivity contribution is 0.184. The lowest BCUT2D eigenvalue weighted by atomic mass is 10.1. The second-order valence-corrected chi connectivity index (χ2v) is 5.15. The van der Waals surface area contributed by atoms with E-state index in [4.69, 9.17) is 10.5 Å². The molecule has 0 bridgehead atoms. The van der Waals surface area contributed by atoms with E-state index in [1.54, 1.807) is 0 Å². The fraction of sp³-hybridized carbons (Fsp3) is 0.364. The van der Waals surface area contributed by atoms with Crippen molar-refractivity contribution in [2.75, 3.05) is 18.9 Å². The number of nitrogens with two attached hydrogens (primary N) is 1. The summed E-state index contributed by atoms with van der Waals surface area (Å²) in [7, 11) is 0. The van der Waals surface area contributed by atoms with Crippen LogP contribution in [0.1, 0.15) is 12.5 Å². The average molecular weight is 310 g/mol. The summed E-state index contributed by atoms with van der Waals surface area (Å²) in [6.45, 7) is 1.41. The van der Waals surface area contributed by atoms with Crippen LogP contribution < -0.4 is 5.73 Å². The molecule has 1 aromatic heterocycles. The molecule has 6 nitrogen and oxygen atoms in total. The maximum Gasteiger partial charge on any atom is 0.182 e. The zero-order valence-electron chi connectivity index (χ0n) is 9.58. The zero-order chi connectivity index (χ0) is 12.5. The van der Waals surface area contributed by atoms with Crippen molar-refractivity contribution in [3.05, 3.63) is 22.7 Å². The lowest BCUT2D eigenvalue weighted by Crippen LogP contribution is -2.12. The first-order valence-corrected chi connectivity index (χ1v) is 6.45. The standard InChI is InChI=1S/C11H12BrN5O/c12-8-3-7(4-9(13)5-8)11-14-15-16-17(11)10-1-2-18-6-10/h3-5,10H,1-2,6,13H2. The molecule has 1 fully saturated rings. The summed E-state index contributed by atoms with van der Waals surface area (Å²) < 4.78 is 8.09. The molecule has 0 amide bonds. The van der Waals surface area contributed by atoms with Crippen LogP contribution in [0.3, 0.4) is 0 Å². The van der Waals surface area contributed by atoms with Crippen molar-refractivity contribution < 1.29 is 4.74 Å². The monoisotopic (exact) mass is 309 g/mol. The van der Waals surface area contributed by atoms with E-state index in [-0.39, 0.29) is 6.04 Å². The number of halogens is 1. The molecule has 2 N–H and O–H groups in total. The second kappa shape index (κ2) is 4.66. The predicted octanol–water partition coefficient (Wildman–Crippen LogP) is 1.65. The molecule has 1 saturated heterocycles. The van der Waals surface area contributed by atoms with Gasteiger partial charge in [-0.2, -0.15) is 0 Å².